The molecule has 2 aromatic carbocycles. The average Bonchev–Trinajstić information content (AvgIpc) is 2.58. The van der Waals surface area contributed by atoms with E-state index in [0.717, 1.165) is 20.9 Å². The van der Waals surface area contributed by atoms with Crippen molar-refractivity contribution in [3.8, 4) is 0 Å². The Bertz CT molecular complexity index is 941. The summed E-state index contributed by atoms with van der Waals surface area (Å²) in [6.45, 7) is 0. The second-order valence-corrected chi connectivity index (χ2v) is 6.67. The maximum absolute atomic E-state index is 12.3. The van der Waals surface area contributed by atoms with E-state index < -0.39 is 0 Å². The van der Waals surface area contributed by atoms with E-state index in [2.05, 4.69) is 20.9 Å². The Balaban J connectivity index is 1.89. The van der Waals surface area contributed by atoms with Crippen LogP contribution in [-0.2, 0) is 0 Å². The van der Waals surface area contributed by atoms with Crippen LogP contribution in [0, 0.1) is 0 Å². The summed E-state index contributed by atoms with van der Waals surface area (Å²) in [7, 11) is 0. The van der Waals surface area contributed by atoms with Crippen LogP contribution >= 0.6 is 27.7 Å². The lowest BCUT2D eigenvalue weighted by Crippen LogP contribution is -2.30. The highest BCUT2D eigenvalue weighted by atomic mass is 79.9. The van der Waals surface area contributed by atoms with Gasteiger partial charge in [0.15, 0.2) is 10.9 Å². The summed E-state index contributed by atoms with van der Waals surface area (Å²) in [4.78, 5) is 28.8. The molecular formula is C16H12BrN3O2S. The first-order chi connectivity index (χ1) is 11.1. The van der Waals surface area contributed by atoms with Crippen molar-refractivity contribution in [3.63, 3.8) is 0 Å². The number of fused-ring (bicyclic) bond motifs is 1. The fourth-order valence-corrected chi connectivity index (χ4v) is 3.26. The van der Waals surface area contributed by atoms with Crippen molar-refractivity contribution in [1.29, 1.82) is 0 Å². The Morgan fingerprint density at radius 2 is 1.96 bits per heavy atom. The number of halogens is 1. The molecule has 0 unspecified atom stereocenters. The van der Waals surface area contributed by atoms with Gasteiger partial charge in [-0.1, -0.05) is 58.0 Å². The monoisotopic (exact) mass is 389 g/mol. The average molecular weight is 390 g/mol. The van der Waals surface area contributed by atoms with Crippen LogP contribution in [0.5, 0.6) is 0 Å². The van der Waals surface area contributed by atoms with Crippen LogP contribution in [0.2, 0.25) is 0 Å². The van der Waals surface area contributed by atoms with Gasteiger partial charge in [-0.05, 0) is 18.2 Å². The number of nitrogens with zero attached hydrogens (tertiary/aromatic N) is 2. The van der Waals surface area contributed by atoms with Gasteiger partial charge in [-0.15, -0.1) is 0 Å². The lowest BCUT2D eigenvalue weighted by Gasteiger charge is -2.08. The Labute approximate surface area is 144 Å². The van der Waals surface area contributed by atoms with E-state index >= 15 is 0 Å². The Morgan fingerprint density at radius 3 is 2.70 bits per heavy atom. The number of benzene rings is 2. The number of Topliss-reactive ketones (excluding diaryl/α,β-unsaturated/α-hetero) is 1. The standard InChI is InChI=1S/C16H12BrN3O2S/c17-11-6-7-13-12(8-11)15(22)20(18)16(19-13)23-9-14(21)10-4-2-1-3-5-10/h1-8H,9,18H2. The molecule has 0 aliphatic carbocycles. The van der Waals surface area contributed by atoms with Gasteiger partial charge in [0.25, 0.3) is 5.56 Å². The third-order valence-electron chi connectivity index (χ3n) is 3.26. The van der Waals surface area contributed by atoms with Gasteiger partial charge in [-0.2, -0.15) is 0 Å². The topological polar surface area (TPSA) is 78.0 Å². The van der Waals surface area contributed by atoms with Crippen molar-refractivity contribution >= 4 is 44.4 Å². The van der Waals surface area contributed by atoms with Gasteiger partial charge in [0, 0.05) is 10.0 Å². The molecule has 0 atom stereocenters. The molecule has 0 aliphatic heterocycles. The van der Waals surface area contributed by atoms with Crippen LogP contribution in [0.4, 0.5) is 0 Å². The van der Waals surface area contributed by atoms with E-state index in [9.17, 15) is 9.59 Å². The van der Waals surface area contributed by atoms with Gasteiger partial charge in [0.2, 0.25) is 0 Å². The fourth-order valence-electron chi connectivity index (χ4n) is 2.09. The lowest BCUT2D eigenvalue weighted by atomic mass is 10.2. The molecule has 0 radical (unpaired) electrons. The van der Waals surface area contributed by atoms with E-state index in [1.54, 1.807) is 30.3 Å². The van der Waals surface area contributed by atoms with E-state index in [1.165, 1.54) is 0 Å². The summed E-state index contributed by atoms with van der Waals surface area (Å²) in [5, 5.41) is 0.745. The highest BCUT2D eigenvalue weighted by Gasteiger charge is 2.12. The van der Waals surface area contributed by atoms with Gasteiger partial charge >= 0.3 is 0 Å². The minimum absolute atomic E-state index is 0.0410. The van der Waals surface area contributed by atoms with Crippen LogP contribution in [0.1, 0.15) is 10.4 Å². The Morgan fingerprint density at radius 1 is 1.22 bits per heavy atom. The zero-order valence-corrected chi connectivity index (χ0v) is 14.3. The maximum Gasteiger partial charge on any atom is 0.280 e. The summed E-state index contributed by atoms with van der Waals surface area (Å²) < 4.78 is 1.76. The molecule has 0 saturated carbocycles. The molecule has 0 bridgehead atoms. The molecule has 0 saturated heterocycles. The molecule has 0 amide bonds. The van der Waals surface area contributed by atoms with Crippen LogP contribution in [0.3, 0.4) is 0 Å². The Kier molecular flexibility index (Phi) is 4.49. The van der Waals surface area contributed by atoms with E-state index in [-0.39, 0.29) is 17.1 Å². The van der Waals surface area contributed by atoms with Crippen LogP contribution in [0.15, 0.2) is 63.0 Å². The zero-order valence-electron chi connectivity index (χ0n) is 11.9. The number of hydrogen-bond donors (Lipinski definition) is 1. The fraction of sp³-hybridized carbons (Fsp3) is 0.0625. The quantitative estimate of drug-likeness (QED) is 0.321. The molecule has 0 spiro atoms. The maximum atomic E-state index is 12.3. The van der Waals surface area contributed by atoms with Crippen molar-refractivity contribution in [1.82, 2.24) is 9.66 Å². The number of nitrogen functional groups attached to an aromatic ring is 1. The molecule has 116 valence electrons. The van der Waals surface area contributed by atoms with Gasteiger partial charge in [0.05, 0.1) is 16.7 Å². The molecule has 3 rings (SSSR count). The number of rotatable bonds is 4. The molecule has 1 aromatic heterocycles. The van der Waals surface area contributed by atoms with Gasteiger partial charge in [-0.25, -0.2) is 9.66 Å². The first-order valence-electron chi connectivity index (χ1n) is 6.74. The van der Waals surface area contributed by atoms with Crippen molar-refractivity contribution in [3.05, 3.63) is 68.9 Å². The van der Waals surface area contributed by atoms with Gasteiger partial charge < -0.3 is 5.84 Å². The van der Waals surface area contributed by atoms with E-state index in [4.69, 9.17) is 5.84 Å². The lowest BCUT2D eigenvalue weighted by molar-refractivity contribution is 0.102. The molecule has 3 aromatic rings. The molecule has 7 heteroatoms. The number of hydrogen-bond acceptors (Lipinski definition) is 5. The van der Waals surface area contributed by atoms with E-state index in [1.807, 2.05) is 18.2 Å². The summed E-state index contributed by atoms with van der Waals surface area (Å²) in [5.74, 6) is 5.94. The Hall–Kier alpha value is -2.12. The predicted molar refractivity (Wildman–Crippen MR) is 95.3 cm³/mol. The van der Waals surface area contributed by atoms with Gasteiger partial charge in [-0.3, -0.25) is 9.59 Å². The largest absolute Gasteiger partial charge is 0.334 e. The second-order valence-electron chi connectivity index (χ2n) is 4.81. The first kappa shape index (κ1) is 15.8. The molecule has 0 fully saturated rings. The number of nitrogens with two attached hydrogens (primary N) is 1. The van der Waals surface area contributed by atoms with Crippen molar-refractivity contribution in [2.75, 3.05) is 11.6 Å². The van der Waals surface area contributed by atoms with Crippen molar-refractivity contribution in [2.45, 2.75) is 5.16 Å². The normalized spacial score (nSPS) is 10.8. The molecule has 0 aliphatic rings. The number of carbonyl (C=O) groups excluding carboxylic acids is 1. The minimum Gasteiger partial charge on any atom is -0.334 e. The predicted octanol–water partition coefficient (Wildman–Crippen LogP) is 2.85. The minimum atomic E-state index is -0.342. The number of thioether (sulfide) groups is 1. The van der Waals surface area contributed by atoms with Crippen molar-refractivity contribution < 1.29 is 4.79 Å². The van der Waals surface area contributed by atoms with Gasteiger partial charge in [0.1, 0.15) is 0 Å². The summed E-state index contributed by atoms with van der Waals surface area (Å²) in [6.07, 6.45) is 0. The zero-order chi connectivity index (χ0) is 16.4. The summed E-state index contributed by atoms with van der Waals surface area (Å²) in [5.41, 5.74) is 0.830. The molecule has 23 heavy (non-hydrogen) atoms. The number of ketones is 1. The van der Waals surface area contributed by atoms with Crippen LogP contribution < -0.4 is 11.4 Å². The molecular weight excluding hydrogens is 378 g/mol. The van der Waals surface area contributed by atoms with Crippen LogP contribution in [-0.4, -0.2) is 21.2 Å². The third-order valence-corrected chi connectivity index (χ3v) is 4.70. The number of aromatic nitrogens is 2. The third kappa shape index (κ3) is 3.30. The highest BCUT2D eigenvalue weighted by Crippen LogP contribution is 2.20. The molecule has 5 nitrogen and oxygen atoms in total. The SMILES string of the molecule is Nn1c(SCC(=O)c2ccccc2)nc2ccc(Br)cc2c1=O. The first-order valence-corrected chi connectivity index (χ1v) is 8.52. The molecule has 1 heterocycles. The van der Waals surface area contributed by atoms with Crippen LogP contribution in [0.25, 0.3) is 10.9 Å². The molecule has 2 N–H and O–H groups in total. The van der Waals surface area contributed by atoms with E-state index in [0.29, 0.717) is 21.6 Å². The van der Waals surface area contributed by atoms with Crippen molar-refractivity contribution in [2.24, 2.45) is 0 Å². The summed E-state index contributed by atoms with van der Waals surface area (Å²) >= 11 is 4.47. The summed E-state index contributed by atoms with van der Waals surface area (Å²) in [6, 6.07) is 14.2. The smallest absolute Gasteiger partial charge is 0.280 e. The second kappa shape index (κ2) is 6.55. The number of carbonyl (C=O) groups is 1. The highest BCUT2D eigenvalue weighted by molar-refractivity contribution is 9.10.